The van der Waals surface area contributed by atoms with Gasteiger partial charge in [0.05, 0.1) is 17.7 Å². The molecule has 4 aromatic rings. The number of nitrogens with zero attached hydrogens (tertiary/aromatic N) is 1. The molecular weight excluding hydrogens is 506 g/mol. The number of aryl methyl sites for hydroxylation is 1. The molecule has 0 bridgehead atoms. The quantitative estimate of drug-likeness (QED) is 0.164. The third-order valence-electron chi connectivity index (χ3n) is 6.83. The second-order valence-electron chi connectivity index (χ2n) is 11.3. The molecule has 0 unspecified atom stereocenters. The maximum atomic E-state index is 13.5. The van der Waals surface area contributed by atoms with Crippen LogP contribution in [-0.4, -0.2) is 27.8 Å². The zero-order valence-corrected chi connectivity index (χ0v) is 24.5. The van der Waals surface area contributed by atoms with Crippen LogP contribution in [0.1, 0.15) is 61.8 Å². The van der Waals surface area contributed by atoms with Crippen LogP contribution in [0.3, 0.4) is 0 Å². The molecule has 5 N–H and O–H groups in total. The lowest BCUT2D eigenvalue weighted by Crippen LogP contribution is -2.34. The number of hydrogen-bond acceptors (Lipinski definition) is 6. The van der Waals surface area contributed by atoms with Crippen molar-refractivity contribution in [2.24, 2.45) is 18.5 Å². The van der Waals surface area contributed by atoms with Gasteiger partial charge in [-0.05, 0) is 76.4 Å². The van der Waals surface area contributed by atoms with Crippen LogP contribution in [0.5, 0.6) is 5.75 Å². The van der Waals surface area contributed by atoms with Crippen molar-refractivity contribution in [3.8, 4) is 16.9 Å². The van der Waals surface area contributed by atoms with Crippen LogP contribution in [0.4, 0.5) is 0 Å². The molecule has 6 nitrogen and oxygen atoms in total. The highest BCUT2D eigenvalue weighted by Gasteiger charge is 2.30. The summed E-state index contributed by atoms with van der Waals surface area (Å²) < 4.78 is 7.59. The minimum absolute atomic E-state index is 0.117. The van der Waals surface area contributed by atoms with Crippen LogP contribution in [0.25, 0.3) is 22.0 Å². The van der Waals surface area contributed by atoms with Gasteiger partial charge in [0.1, 0.15) is 5.75 Å². The lowest BCUT2D eigenvalue weighted by atomic mass is 9.87. The number of aromatic hydroxyl groups is 1. The summed E-state index contributed by atoms with van der Waals surface area (Å²) in [6.45, 7) is 9.80. The Hall–Kier alpha value is -3.26. The molecule has 0 aliphatic carbocycles. The number of carbonyl (C=O) groups is 1. The number of rotatable bonds is 9. The van der Waals surface area contributed by atoms with Gasteiger partial charge in [-0.2, -0.15) is 0 Å². The molecule has 206 valence electrons. The molecule has 0 saturated heterocycles. The Kier molecular flexibility index (Phi) is 8.17. The molecule has 3 aromatic carbocycles. The standard InChI is InChI=1S/C32H39N3O3S/c1-7-38-30(37)28-26(19-39-22-14-9-8-10-15-22)35(6)25-17-23(20-12-11-13-21(16-20)32(4,5)34)29(36)24(27(25)28)18-31(2,3)33/h8-17,36H,7,18-19,33-34H2,1-6H3. The Morgan fingerprint density at radius 1 is 1.03 bits per heavy atom. The average molecular weight is 546 g/mol. The monoisotopic (exact) mass is 545 g/mol. The minimum atomic E-state index is -0.634. The van der Waals surface area contributed by atoms with Crippen LogP contribution in [0.15, 0.2) is 65.6 Å². The van der Waals surface area contributed by atoms with Gasteiger partial charge in [-0.15, -0.1) is 11.8 Å². The minimum Gasteiger partial charge on any atom is -0.507 e. The Morgan fingerprint density at radius 3 is 2.33 bits per heavy atom. The van der Waals surface area contributed by atoms with E-state index in [1.807, 2.05) is 87.8 Å². The van der Waals surface area contributed by atoms with E-state index in [4.69, 9.17) is 16.2 Å². The second kappa shape index (κ2) is 11.1. The fourth-order valence-electron chi connectivity index (χ4n) is 4.91. The molecule has 4 rings (SSSR count). The second-order valence-corrected chi connectivity index (χ2v) is 12.4. The number of fused-ring (bicyclic) bond motifs is 1. The number of nitrogens with two attached hydrogens (primary N) is 2. The summed E-state index contributed by atoms with van der Waals surface area (Å²) in [4.78, 5) is 14.6. The normalized spacial score (nSPS) is 12.2. The van der Waals surface area contributed by atoms with Crippen LogP contribution >= 0.6 is 11.8 Å². The largest absolute Gasteiger partial charge is 0.507 e. The van der Waals surface area contributed by atoms with Crippen molar-refractivity contribution in [3.63, 3.8) is 0 Å². The molecule has 0 fully saturated rings. The predicted molar refractivity (Wildman–Crippen MR) is 161 cm³/mol. The van der Waals surface area contributed by atoms with Crippen LogP contribution in [-0.2, 0) is 29.5 Å². The van der Waals surface area contributed by atoms with Crippen molar-refractivity contribution < 1.29 is 14.6 Å². The van der Waals surface area contributed by atoms with E-state index in [0.717, 1.165) is 27.2 Å². The molecule has 39 heavy (non-hydrogen) atoms. The van der Waals surface area contributed by atoms with Crippen molar-refractivity contribution in [3.05, 3.63) is 83.0 Å². The number of phenolic OH excluding ortho intramolecular Hbond substituents is 1. The molecular formula is C32H39N3O3S. The number of esters is 1. The number of carbonyl (C=O) groups excluding carboxylic acids is 1. The smallest absolute Gasteiger partial charge is 0.340 e. The van der Waals surface area contributed by atoms with E-state index >= 15 is 0 Å². The van der Waals surface area contributed by atoms with Crippen molar-refractivity contribution in [1.82, 2.24) is 4.57 Å². The van der Waals surface area contributed by atoms with Crippen molar-refractivity contribution in [2.75, 3.05) is 6.61 Å². The third kappa shape index (κ3) is 6.16. The van der Waals surface area contributed by atoms with Gasteiger partial charge in [-0.3, -0.25) is 0 Å². The lowest BCUT2D eigenvalue weighted by Gasteiger charge is -2.23. The summed E-state index contributed by atoms with van der Waals surface area (Å²) in [5.74, 6) is 0.273. The molecule has 0 aliphatic heterocycles. The van der Waals surface area contributed by atoms with Crippen molar-refractivity contribution in [2.45, 2.75) is 62.8 Å². The molecule has 0 spiro atoms. The van der Waals surface area contributed by atoms with E-state index in [9.17, 15) is 9.90 Å². The van der Waals surface area contributed by atoms with Gasteiger partial charge in [0, 0.05) is 51.0 Å². The molecule has 0 aliphatic rings. The Morgan fingerprint density at radius 2 is 1.72 bits per heavy atom. The van der Waals surface area contributed by atoms with E-state index in [1.54, 1.807) is 18.7 Å². The molecule has 1 heterocycles. The van der Waals surface area contributed by atoms with E-state index < -0.39 is 17.0 Å². The number of aromatic nitrogens is 1. The van der Waals surface area contributed by atoms with E-state index in [2.05, 4.69) is 12.1 Å². The van der Waals surface area contributed by atoms with Crippen LogP contribution in [0, 0.1) is 0 Å². The first-order valence-electron chi connectivity index (χ1n) is 13.2. The summed E-state index contributed by atoms with van der Waals surface area (Å²) >= 11 is 1.65. The number of hydrogen-bond donors (Lipinski definition) is 3. The Labute approximate surface area is 235 Å². The third-order valence-corrected chi connectivity index (χ3v) is 7.86. The molecule has 0 radical (unpaired) electrons. The highest BCUT2D eigenvalue weighted by atomic mass is 32.2. The first-order chi connectivity index (χ1) is 18.3. The number of thioether (sulfide) groups is 1. The van der Waals surface area contributed by atoms with E-state index in [1.165, 1.54) is 0 Å². The van der Waals surface area contributed by atoms with Gasteiger partial charge in [0.15, 0.2) is 0 Å². The van der Waals surface area contributed by atoms with Crippen LogP contribution in [0.2, 0.25) is 0 Å². The van der Waals surface area contributed by atoms with E-state index in [-0.39, 0.29) is 12.4 Å². The summed E-state index contributed by atoms with van der Waals surface area (Å²) in [6.07, 6.45) is 0.368. The molecule has 0 amide bonds. The molecule has 0 atom stereocenters. The Balaban J connectivity index is 2.02. The van der Waals surface area contributed by atoms with Gasteiger partial charge in [-0.1, -0.05) is 36.4 Å². The maximum Gasteiger partial charge on any atom is 0.340 e. The molecule has 0 saturated carbocycles. The van der Waals surface area contributed by atoms with Gasteiger partial charge in [-0.25, -0.2) is 4.79 Å². The zero-order valence-electron chi connectivity index (χ0n) is 23.7. The Bertz CT molecular complexity index is 1500. The zero-order chi connectivity index (χ0) is 28.5. The number of ether oxygens (including phenoxy) is 1. The average Bonchev–Trinajstić information content (AvgIpc) is 3.15. The fourth-order valence-corrected chi connectivity index (χ4v) is 5.90. The summed E-state index contributed by atoms with van der Waals surface area (Å²) in [7, 11) is 1.96. The van der Waals surface area contributed by atoms with Crippen molar-refractivity contribution in [1.29, 1.82) is 0 Å². The van der Waals surface area contributed by atoms with Gasteiger partial charge >= 0.3 is 5.97 Å². The van der Waals surface area contributed by atoms with Crippen LogP contribution < -0.4 is 11.5 Å². The topological polar surface area (TPSA) is 104 Å². The number of phenols is 1. The van der Waals surface area contributed by atoms with Gasteiger partial charge in [0.2, 0.25) is 0 Å². The highest BCUT2D eigenvalue weighted by Crippen LogP contribution is 2.43. The lowest BCUT2D eigenvalue weighted by molar-refractivity contribution is 0.0527. The summed E-state index contributed by atoms with van der Waals surface area (Å²) in [5.41, 5.74) is 17.0. The van der Waals surface area contributed by atoms with Gasteiger partial charge < -0.3 is 25.9 Å². The first kappa shape index (κ1) is 28.7. The molecule has 1 aromatic heterocycles. The predicted octanol–water partition coefficient (Wildman–Crippen LogP) is 6.49. The number of benzene rings is 3. The first-order valence-corrected chi connectivity index (χ1v) is 14.2. The SMILES string of the molecule is CCOC(=O)c1c(CSc2ccccc2)n(C)c2cc(-c3cccc(C(C)(C)N)c3)c(O)c(CC(C)(C)N)c12. The van der Waals surface area contributed by atoms with Gasteiger partial charge in [0.25, 0.3) is 0 Å². The van der Waals surface area contributed by atoms with E-state index in [0.29, 0.717) is 34.3 Å². The molecule has 7 heteroatoms. The summed E-state index contributed by atoms with van der Waals surface area (Å²) in [5, 5.41) is 12.5. The fraction of sp³-hybridized carbons (Fsp3) is 0.344. The highest BCUT2D eigenvalue weighted by molar-refractivity contribution is 7.98. The van der Waals surface area contributed by atoms with Crippen molar-refractivity contribution >= 4 is 28.6 Å². The summed E-state index contributed by atoms with van der Waals surface area (Å²) in [6, 6.07) is 20.0. The maximum absolute atomic E-state index is 13.5.